The number of carbonyl (C=O) groups is 2. The summed E-state index contributed by atoms with van der Waals surface area (Å²) in [6.45, 7) is 3.71. The third-order valence-corrected chi connectivity index (χ3v) is 7.60. The molecule has 1 saturated carbocycles. The summed E-state index contributed by atoms with van der Waals surface area (Å²) in [7, 11) is 0. The Balaban J connectivity index is 1.37. The zero-order valence-corrected chi connectivity index (χ0v) is 21.7. The number of carbonyl (C=O) groups excluding carboxylic acids is 2. The second-order valence-corrected chi connectivity index (χ2v) is 10.4. The summed E-state index contributed by atoms with van der Waals surface area (Å²) in [5, 5.41) is 13.0. The molecular formula is C32H32N4O2. The number of hydrogen-bond acceptors (Lipinski definition) is 5. The lowest BCUT2D eigenvalue weighted by molar-refractivity contribution is -0.119. The molecule has 5 rings (SSSR count). The third-order valence-electron chi connectivity index (χ3n) is 7.60. The maximum Gasteiger partial charge on any atom is 0.262 e. The Hall–Kier alpha value is -4.08. The average Bonchev–Trinajstić information content (AvgIpc) is 3.41. The summed E-state index contributed by atoms with van der Waals surface area (Å²) in [5.41, 5.74) is 5.50. The van der Waals surface area contributed by atoms with Gasteiger partial charge in [0, 0.05) is 18.7 Å². The molecular weight excluding hydrogens is 472 g/mol. The molecule has 3 aromatic rings. The van der Waals surface area contributed by atoms with Crippen LogP contribution in [-0.4, -0.2) is 34.7 Å². The average molecular weight is 505 g/mol. The lowest BCUT2D eigenvalue weighted by Crippen LogP contribution is -2.44. The van der Waals surface area contributed by atoms with Crippen molar-refractivity contribution >= 4 is 17.8 Å². The first-order valence-electron chi connectivity index (χ1n) is 13.3. The fraction of sp³-hybridized carbons (Fsp3) is 0.312. The van der Waals surface area contributed by atoms with Crippen LogP contribution in [0, 0.1) is 11.3 Å². The van der Waals surface area contributed by atoms with Crippen LogP contribution >= 0.6 is 0 Å². The number of ketones is 1. The number of nitriles is 1. The number of nitrogens with zero attached hydrogens (tertiary/aromatic N) is 3. The van der Waals surface area contributed by atoms with E-state index in [1.54, 1.807) is 13.0 Å². The third kappa shape index (κ3) is 5.58. The number of aromatic nitrogens is 1. The largest absolute Gasteiger partial charge is 0.342 e. The van der Waals surface area contributed by atoms with Crippen LogP contribution in [0.5, 0.6) is 0 Å². The molecule has 0 saturated heterocycles. The van der Waals surface area contributed by atoms with Gasteiger partial charge in [0.2, 0.25) is 0 Å². The summed E-state index contributed by atoms with van der Waals surface area (Å²) >= 11 is 0. The van der Waals surface area contributed by atoms with Crippen LogP contribution in [0.15, 0.2) is 72.3 Å². The topological polar surface area (TPSA) is 86.1 Å². The Labute approximate surface area is 224 Å². The van der Waals surface area contributed by atoms with E-state index in [1.165, 1.54) is 11.1 Å². The van der Waals surface area contributed by atoms with Gasteiger partial charge in [0.25, 0.3) is 5.91 Å². The molecule has 0 radical (unpaired) electrons. The standard InChI is InChI=1S/C32H32N4O2/c1-23(37)21-36-17-14-24-12-13-25(18-27(24)22-36)30-11-7-10-29(34-30)19-26(20-33)31(38)35-32(15-5-6-16-32)28-8-3-2-4-9-28/h2-4,7-13,18-19H,5-6,14-17,21-22H2,1H3,(H,35,38)/b26-19+. The summed E-state index contributed by atoms with van der Waals surface area (Å²) in [6.07, 6.45) is 6.29. The SMILES string of the molecule is CC(=O)CN1CCc2ccc(-c3cccc(/C=C(\C#N)C(=O)NC4(c5ccccc5)CCCC4)n3)cc2C1. The van der Waals surface area contributed by atoms with Crippen molar-refractivity contribution in [2.24, 2.45) is 0 Å². The second kappa shape index (κ2) is 11.1. The molecule has 1 fully saturated rings. The number of fused-ring (bicyclic) bond motifs is 1. The van der Waals surface area contributed by atoms with Crippen LogP contribution in [0.2, 0.25) is 0 Å². The van der Waals surface area contributed by atoms with Gasteiger partial charge in [-0.25, -0.2) is 4.98 Å². The Bertz CT molecular complexity index is 1410. The zero-order chi connectivity index (χ0) is 26.5. The number of rotatable bonds is 7. The molecule has 2 aliphatic rings. The van der Waals surface area contributed by atoms with E-state index in [4.69, 9.17) is 4.98 Å². The first-order valence-corrected chi connectivity index (χ1v) is 13.3. The molecule has 38 heavy (non-hydrogen) atoms. The number of Topliss-reactive ketones (excluding diaryl/α,β-unsaturated/α-hetero) is 1. The molecule has 0 spiro atoms. The number of pyridine rings is 1. The fourth-order valence-electron chi connectivity index (χ4n) is 5.72. The van der Waals surface area contributed by atoms with Gasteiger partial charge in [0.15, 0.2) is 0 Å². The van der Waals surface area contributed by atoms with E-state index in [9.17, 15) is 14.9 Å². The molecule has 1 N–H and O–H groups in total. The van der Waals surface area contributed by atoms with Gasteiger partial charge in [0.05, 0.1) is 23.5 Å². The Morgan fingerprint density at radius 2 is 1.84 bits per heavy atom. The van der Waals surface area contributed by atoms with Gasteiger partial charge in [-0.2, -0.15) is 5.26 Å². The van der Waals surface area contributed by atoms with E-state index in [0.29, 0.717) is 12.2 Å². The number of hydrogen-bond donors (Lipinski definition) is 1. The number of nitrogens with one attached hydrogen (secondary N) is 1. The maximum absolute atomic E-state index is 13.3. The normalized spacial score (nSPS) is 16.9. The molecule has 1 aliphatic carbocycles. The van der Waals surface area contributed by atoms with Gasteiger partial charge in [-0.05, 0) is 67.2 Å². The van der Waals surface area contributed by atoms with E-state index in [2.05, 4.69) is 34.5 Å². The minimum Gasteiger partial charge on any atom is -0.342 e. The minimum absolute atomic E-state index is 0.0437. The van der Waals surface area contributed by atoms with E-state index < -0.39 is 5.54 Å². The predicted molar refractivity (Wildman–Crippen MR) is 148 cm³/mol. The highest BCUT2D eigenvalue weighted by molar-refractivity contribution is 6.02. The zero-order valence-electron chi connectivity index (χ0n) is 21.7. The molecule has 2 heterocycles. The van der Waals surface area contributed by atoms with Crippen LogP contribution in [-0.2, 0) is 28.1 Å². The highest BCUT2D eigenvalue weighted by Gasteiger charge is 2.37. The number of amides is 1. The summed E-state index contributed by atoms with van der Waals surface area (Å²) in [6, 6.07) is 24.1. The van der Waals surface area contributed by atoms with E-state index in [0.717, 1.165) is 62.0 Å². The molecule has 1 amide bonds. The Morgan fingerprint density at radius 3 is 2.58 bits per heavy atom. The van der Waals surface area contributed by atoms with Crippen molar-refractivity contribution in [3.8, 4) is 17.3 Å². The highest BCUT2D eigenvalue weighted by atomic mass is 16.2. The predicted octanol–water partition coefficient (Wildman–Crippen LogP) is 5.19. The minimum atomic E-state index is -0.442. The first-order chi connectivity index (χ1) is 18.5. The molecule has 2 aromatic carbocycles. The maximum atomic E-state index is 13.3. The van der Waals surface area contributed by atoms with E-state index in [1.807, 2.05) is 48.5 Å². The van der Waals surface area contributed by atoms with Crippen LogP contribution in [0.4, 0.5) is 0 Å². The van der Waals surface area contributed by atoms with Crippen molar-refractivity contribution in [2.75, 3.05) is 13.1 Å². The number of benzene rings is 2. The summed E-state index contributed by atoms with van der Waals surface area (Å²) < 4.78 is 0. The van der Waals surface area contributed by atoms with Crippen LogP contribution in [0.1, 0.15) is 55.0 Å². The van der Waals surface area contributed by atoms with Crippen LogP contribution in [0.3, 0.4) is 0 Å². The van der Waals surface area contributed by atoms with Gasteiger partial charge in [0.1, 0.15) is 17.4 Å². The molecule has 0 atom stereocenters. The fourth-order valence-corrected chi connectivity index (χ4v) is 5.72. The van der Waals surface area contributed by atoms with Crippen molar-refractivity contribution in [3.63, 3.8) is 0 Å². The van der Waals surface area contributed by atoms with Gasteiger partial charge in [-0.1, -0.05) is 61.4 Å². The molecule has 0 unspecified atom stereocenters. The van der Waals surface area contributed by atoms with Gasteiger partial charge in [-0.3, -0.25) is 14.5 Å². The summed E-state index contributed by atoms with van der Waals surface area (Å²) in [4.78, 5) is 31.8. The van der Waals surface area contributed by atoms with Gasteiger partial charge in [-0.15, -0.1) is 0 Å². The molecule has 1 aliphatic heterocycles. The molecule has 6 heteroatoms. The smallest absolute Gasteiger partial charge is 0.262 e. The van der Waals surface area contributed by atoms with Gasteiger partial charge < -0.3 is 5.32 Å². The van der Waals surface area contributed by atoms with Crippen molar-refractivity contribution in [1.29, 1.82) is 5.26 Å². The molecule has 192 valence electrons. The van der Waals surface area contributed by atoms with Crippen molar-refractivity contribution in [1.82, 2.24) is 15.2 Å². The highest BCUT2D eigenvalue weighted by Crippen LogP contribution is 2.39. The molecule has 6 nitrogen and oxygen atoms in total. The van der Waals surface area contributed by atoms with Crippen molar-refractivity contribution in [2.45, 2.75) is 51.1 Å². The Morgan fingerprint density at radius 1 is 1.05 bits per heavy atom. The monoisotopic (exact) mass is 504 g/mol. The second-order valence-electron chi connectivity index (χ2n) is 10.4. The Kier molecular flexibility index (Phi) is 7.48. The van der Waals surface area contributed by atoms with Crippen LogP contribution < -0.4 is 5.32 Å². The summed E-state index contributed by atoms with van der Waals surface area (Å²) in [5.74, 6) is -0.199. The lowest BCUT2D eigenvalue weighted by Gasteiger charge is -2.31. The van der Waals surface area contributed by atoms with Gasteiger partial charge >= 0.3 is 0 Å². The quantitative estimate of drug-likeness (QED) is 0.354. The van der Waals surface area contributed by atoms with E-state index in [-0.39, 0.29) is 17.3 Å². The lowest BCUT2D eigenvalue weighted by atomic mass is 9.88. The van der Waals surface area contributed by atoms with Crippen molar-refractivity contribution < 1.29 is 9.59 Å². The van der Waals surface area contributed by atoms with Crippen molar-refractivity contribution in [3.05, 3.63) is 94.7 Å². The first kappa shape index (κ1) is 25.6. The van der Waals surface area contributed by atoms with Crippen LogP contribution in [0.25, 0.3) is 17.3 Å². The van der Waals surface area contributed by atoms with E-state index >= 15 is 0 Å². The molecule has 0 bridgehead atoms. The molecule has 1 aromatic heterocycles.